The lowest BCUT2D eigenvalue weighted by molar-refractivity contribution is -0.384. The normalized spacial score (nSPS) is 18.9. The lowest BCUT2D eigenvalue weighted by atomic mass is 9.99. The summed E-state index contributed by atoms with van der Waals surface area (Å²) in [4.78, 5) is 26.6. The van der Waals surface area contributed by atoms with Gasteiger partial charge in [-0.15, -0.1) is 0 Å². The van der Waals surface area contributed by atoms with Crippen molar-refractivity contribution in [2.45, 2.75) is 57.4 Å². The van der Waals surface area contributed by atoms with Gasteiger partial charge in [0.05, 0.1) is 63.3 Å². The predicted molar refractivity (Wildman–Crippen MR) is 207 cm³/mol. The summed E-state index contributed by atoms with van der Waals surface area (Å²) in [6, 6.07) is 17.6. The van der Waals surface area contributed by atoms with Crippen molar-refractivity contribution < 1.29 is 68.0 Å². The van der Waals surface area contributed by atoms with Crippen molar-refractivity contribution in [3.63, 3.8) is 0 Å². The van der Waals surface area contributed by atoms with Gasteiger partial charge in [0.15, 0.2) is 0 Å². The number of azide groups is 1. The molecule has 5 atom stereocenters. The average Bonchev–Trinajstić information content (AvgIpc) is 3.63. The Hall–Kier alpha value is -5.54. The van der Waals surface area contributed by atoms with Gasteiger partial charge in [0, 0.05) is 35.5 Å². The first-order valence-corrected chi connectivity index (χ1v) is 18.8. The molecule has 1 saturated heterocycles. The summed E-state index contributed by atoms with van der Waals surface area (Å²) in [5.74, 6) is 0.561. The number of non-ortho nitro benzene ring substituents is 1. The zero-order valence-corrected chi connectivity index (χ0v) is 32.2. The highest BCUT2D eigenvalue weighted by Gasteiger charge is 2.44. The monoisotopic (exact) mass is 825 g/mol. The molecule has 1 aliphatic heterocycles. The molecule has 20 nitrogen and oxygen atoms in total. The second kappa shape index (κ2) is 22.6. The smallest absolute Gasteiger partial charge is 0.354 e. The van der Waals surface area contributed by atoms with Crippen molar-refractivity contribution in [1.29, 1.82) is 0 Å². The molecule has 4 N–H and O–H groups in total. The topological polar surface area (TPSA) is 269 Å². The van der Waals surface area contributed by atoms with Gasteiger partial charge in [-0.3, -0.25) is 10.1 Å². The lowest BCUT2D eigenvalue weighted by Crippen LogP contribution is -2.60. The van der Waals surface area contributed by atoms with Gasteiger partial charge in [-0.25, -0.2) is 4.79 Å². The molecule has 59 heavy (non-hydrogen) atoms. The number of nitro benzene ring substituents is 1. The third-order valence-electron chi connectivity index (χ3n) is 9.06. The van der Waals surface area contributed by atoms with Crippen LogP contribution in [0.25, 0.3) is 21.3 Å². The van der Waals surface area contributed by atoms with E-state index in [2.05, 4.69) is 10.0 Å². The quantitative estimate of drug-likeness (QED) is 0.0150. The van der Waals surface area contributed by atoms with E-state index in [9.17, 15) is 35.3 Å². The van der Waals surface area contributed by atoms with Gasteiger partial charge in [0.1, 0.15) is 60.6 Å². The highest BCUT2D eigenvalue weighted by Crippen LogP contribution is 2.34. The fourth-order valence-corrected chi connectivity index (χ4v) is 6.05. The van der Waals surface area contributed by atoms with Crippen molar-refractivity contribution in [2.75, 3.05) is 59.4 Å². The minimum absolute atomic E-state index is 0.0554. The van der Waals surface area contributed by atoms with E-state index in [1.54, 1.807) is 54.0 Å². The number of ether oxygens (including phenoxy) is 8. The third-order valence-corrected chi connectivity index (χ3v) is 9.06. The Morgan fingerprint density at radius 2 is 1.56 bits per heavy atom. The standard InChI is InChI=1S/C39H47N5O15/c1-2-55-38(49)31-21-30-26(24-56-28-10-6-27(7-11-28)44(50)51)5-12-32(34(30)43(31)14-16-53-18-20-54-19-17-52-15-13-41-42-40)57-23-25-3-8-29(9-4-25)58-39-37(48)36(47)35(46)33(22-45)59-39/h3-12,21,33,35-37,39,45-48H,2,13-20,22-24H2,1H3/t33-,35+,36+,37-,39-/m1/s1. The summed E-state index contributed by atoms with van der Waals surface area (Å²) in [5.41, 5.74) is 10.5. The second-order valence-corrected chi connectivity index (χ2v) is 13.0. The molecule has 0 bridgehead atoms. The molecule has 0 radical (unpaired) electrons. The molecule has 3 aromatic carbocycles. The van der Waals surface area contributed by atoms with Crippen LogP contribution in [0.1, 0.15) is 28.5 Å². The van der Waals surface area contributed by atoms with Crippen LogP contribution < -0.4 is 14.2 Å². The van der Waals surface area contributed by atoms with Gasteiger partial charge >= 0.3 is 5.97 Å². The van der Waals surface area contributed by atoms with Crippen LogP contribution in [0.4, 0.5) is 5.69 Å². The van der Waals surface area contributed by atoms with Crippen LogP contribution in [0.5, 0.6) is 17.2 Å². The number of nitro groups is 1. The number of esters is 1. The van der Waals surface area contributed by atoms with Gasteiger partial charge in [-0.05, 0) is 60.0 Å². The van der Waals surface area contributed by atoms with Gasteiger partial charge in [0.2, 0.25) is 6.29 Å². The second-order valence-electron chi connectivity index (χ2n) is 13.0. The Kier molecular flexibility index (Phi) is 17.0. The number of aromatic nitrogens is 1. The average molecular weight is 826 g/mol. The minimum Gasteiger partial charge on any atom is -0.489 e. The van der Waals surface area contributed by atoms with Crippen LogP contribution in [0, 0.1) is 10.1 Å². The van der Waals surface area contributed by atoms with Crippen LogP contribution in [-0.2, 0) is 43.4 Å². The molecule has 1 fully saturated rings. The van der Waals surface area contributed by atoms with Gasteiger partial charge in [-0.1, -0.05) is 23.3 Å². The molecule has 0 spiro atoms. The molecule has 1 aliphatic rings. The van der Waals surface area contributed by atoms with E-state index < -0.39 is 48.2 Å². The summed E-state index contributed by atoms with van der Waals surface area (Å²) in [6.45, 7) is 3.57. The Morgan fingerprint density at radius 3 is 2.22 bits per heavy atom. The maximum absolute atomic E-state index is 13.3. The fourth-order valence-electron chi connectivity index (χ4n) is 6.05. The Balaban J connectivity index is 1.32. The highest BCUT2D eigenvalue weighted by atomic mass is 16.7. The number of hydrogen-bond donors (Lipinski definition) is 4. The van der Waals surface area contributed by atoms with Crippen LogP contribution in [0.3, 0.4) is 0 Å². The first-order chi connectivity index (χ1) is 28.6. The van der Waals surface area contributed by atoms with Gasteiger partial charge in [-0.2, -0.15) is 0 Å². The van der Waals surface area contributed by atoms with E-state index in [-0.39, 0.29) is 63.3 Å². The number of rotatable bonds is 24. The highest BCUT2D eigenvalue weighted by molar-refractivity contribution is 5.99. The molecule has 20 heteroatoms. The van der Waals surface area contributed by atoms with Crippen molar-refractivity contribution >= 4 is 22.6 Å². The number of carbonyl (C=O) groups is 1. The molecule has 1 aromatic heterocycles. The Morgan fingerprint density at radius 1 is 0.881 bits per heavy atom. The maximum Gasteiger partial charge on any atom is 0.354 e. The molecular weight excluding hydrogens is 778 g/mol. The molecule has 0 unspecified atom stereocenters. The van der Waals surface area contributed by atoms with E-state index >= 15 is 0 Å². The van der Waals surface area contributed by atoms with Crippen LogP contribution >= 0.6 is 0 Å². The summed E-state index contributed by atoms with van der Waals surface area (Å²) in [5, 5.41) is 55.2. The number of benzene rings is 3. The molecule has 0 aliphatic carbocycles. The summed E-state index contributed by atoms with van der Waals surface area (Å²) >= 11 is 0. The number of aliphatic hydroxyl groups excluding tert-OH is 4. The number of carbonyl (C=O) groups excluding carboxylic acids is 1. The summed E-state index contributed by atoms with van der Waals surface area (Å²) < 4.78 is 47.4. The summed E-state index contributed by atoms with van der Waals surface area (Å²) in [7, 11) is 0. The number of nitrogens with zero attached hydrogens (tertiary/aromatic N) is 5. The van der Waals surface area contributed by atoms with Gasteiger partial charge in [0.25, 0.3) is 5.69 Å². The van der Waals surface area contributed by atoms with Crippen molar-refractivity contribution in [3.05, 3.63) is 104 Å². The molecule has 5 rings (SSSR count). The third kappa shape index (κ3) is 12.2. The summed E-state index contributed by atoms with van der Waals surface area (Å²) in [6.07, 6.45) is -7.13. The van der Waals surface area contributed by atoms with E-state index in [1.165, 1.54) is 24.3 Å². The predicted octanol–water partition coefficient (Wildman–Crippen LogP) is 3.42. The molecule has 0 amide bonds. The van der Waals surface area contributed by atoms with Crippen molar-refractivity contribution in [1.82, 2.24) is 4.57 Å². The van der Waals surface area contributed by atoms with Crippen LogP contribution in [0.2, 0.25) is 0 Å². The largest absolute Gasteiger partial charge is 0.489 e. The van der Waals surface area contributed by atoms with Crippen molar-refractivity contribution in [3.8, 4) is 17.2 Å². The van der Waals surface area contributed by atoms with Gasteiger partial charge < -0.3 is 62.9 Å². The van der Waals surface area contributed by atoms with Crippen LogP contribution in [0.15, 0.2) is 71.8 Å². The van der Waals surface area contributed by atoms with E-state index in [0.717, 1.165) is 5.56 Å². The first-order valence-electron chi connectivity index (χ1n) is 18.8. The number of fused-ring (bicyclic) bond motifs is 1. The van der Waals surface area contributed by atoms with Crippen molar-refractivity contribution in [2.24, 2.45) is 5.11 Å². The van der Waals surface area contributed by atoms with E-state index in [0.29, 0.717) is 54.4 Å². The number of aliphatic hydroxyl groups is 4. The zero-order valence-electron chi connectivity index (χ0n) is 32.2. The van der Waals surface area contributed by atoms with E-state index in [1.807, 2.05) is 0 Å². The maximum atomic E-state index is 13.3. The zero-order chi connectivity index (χ0) is 42.1. The molecule has 4 aromatic rings. The Labute approximate surface area is 338 Å². The molecular formula is C39H47N5O15. The lowest BCUT2D eigenvalue weighted by Gasteiger charge is -2.39. The molecule has 0 saturated carbocycles. The fraction of sp³-hybridized carbons (Fsp3) is 0.462. The molecule has 318 valence electrons. The minimum atomic E-state index is -1.58. The van der Waals surface area contributed by atoms with Crippen LogP contribution in [-0.4, -0.2) is 126 Å². The Bertz CT molecular complexity index is 2000. The SMILES string of the molecule is CCOC(=O)c1cc2c(COc3ccc([N+](=O)[O-])cc3)ccc(OCc3ccc(O[C@@H]4O[C@H](CO)[C@H](O)[C@H](O)[C@H]4O)cc3)c2n1CCOCCOCCOCCN=[N+]=[N-]. The van der Waals surface area contributed by atoms with E-state index in [4.69, 9.17) is 43.4 Å². The molecule has 2 heterocycles. The number of hydrogen-bond acceptors (Lipinski definition) is 16. The first kappa shape index (κ1) is 44.6.